The van der Waals surface area contributed by atoms with Crippen LogP contribution in [0.2, 0.25) is 0 Å². The van der Waals surface area contributed by atoms with Gasteiger partial charge in [0.15, 0.2) is 17.3 Å². The van der Waals surface area contributed by atoms with Gasteiger partial charge in [-0.2, -0.15) is 0 Å². The molecule has 0 fully saturated rings. The lowest BCUT2D eigenvalue weighted by molar-refractivity contribution is 0.0954. The van der Waals surface area contributed by atoms with Crippen molar-refractivity contribution in [2.75, 3.05) is 27.9 Å². The van der Waals surface area contributed by atoms with Crippen molar-refractivity contribution in [2.24, 2.45) is 0 Å². The minimum absolute atomic E-state index is 0.237. The number of aromatic nitrogens is 1. The van der Waals surface area contributed by atoms with Gasteiger partial charge in [0.2, 0.25) is 5.75 Å². The number of hydrogen-bond acceptors (Lipinski definition) is 7. The summed E-state index contributed by atoms with van der Waals surface area (Å²) in [5, 5.41) is 8.93. The van der Waals surface area contributed by atoms with Gasteiger partial charge in [0, 0.05) is 17.0 Å². The van der Waals surface area contributed by atoms with Crippen LogP contribution in [0.5, 0.6) is 17.2 Å². The monoisotopic (exact) mass is 402 g/mol. The van der Waals surface area contributed by atoms with Crippen molar-refractivity contribution in [2.45, 2.75) is 13.3 Å². The van der Waals surface area contributed by atoms with Gasteiger partial charge in [-0.1, -0.05) is 11.2 Å². The highest BCUT2D eigenvalue weighted by Gasteiger charge is 2.24. The summed E-state index contributed by atoms with van der Waals surface area (Å²) in [7, 11) is 4.60. The molecule has 0 saturated heterocycles. The molecular formula is C20H22N2O5S. The van der Waals surface area contributed by atoms with Crippen LogP contribution >= 0.6 is 11.3 Å². The number of aryl methyl sites for hydroxylation is 1. The molecule has 0 aliphatic carbocycles. The van der Waals surface area contributed by atoms with Crippen molar-refractivity contribution in [3.05, 3.63) is 45.8 Å². The van der Waals surface area contributed by atoms with Crippen LogP contribution in [0.15, 0.2) is 34.2 Å². The highest BCUT2D eigenvalue weighted by Crippen LogP contribution is 2.42. The molecule has 3 rings (SSSR count). The Morgan fingerprint density at radius 3 is 2.46 bits per heavy atom. The first-order valence-electron chi connectivity index (χ1n) is 8.66. The minimum Gasteiger partial charge on any atom is -0.493 e. The third kappa shape index (κ3) is 3.96. The van der Waals surface area contributed by atoms with Crippen molar-refractivity contribution in [3.8, 4) is 28.6 Å². The molecule has 0 saturated carbocycles. The number of ether oxygens (including phenoxy) is 3. The first-order chi connectivity index (χ1) is 13.6. The van der Waals surface area contributed by atoms with Gasteiger partial charge in [-0.3, -0.25) is 4.79 Å². The van der Waals surface area contributed by atoms with Gasteiger partial charge in [-0.15, -0.1) is 11.3 Å². The Labute approximate surface area is 167 Å². The van der Waals surface area contributed by atoms with E-state index in [1.807, 2.05) is 17.5 Å². The number of carbonyl (C=O) groups is 1. The lowest BCUT2D eigenvalue weighted by Gasteiger charge is -2.13. The molecule has 148 valence electrons. The quantitative estimate of drug-likeness (QED) is 0.618. The number of nitrogens with zero attached hydrogens (tertiary/aromatic N) is 1. The number of nitrogens with one attached hydrogen (secondary N) is 1. The normalized spacial score (nSPS) is 10.6. The molecule has 7 nitrogen and oxygen atoms in total. The highest BCUT2D eigenvalue weighted by atomic mass is 32.1. The van der Waals surface area contributed by atoms with Gasteiger partial charge in [0.05, 0.1) is 27.0 Å². The number of amides is 1. The molecule has 1 amide bonds. The van der Waals surface area contributed by atoms with Crippen LogP contribution < -0.4 is 19.5 Å². The summed E-state index contributed by atoms with van der Waals surface area (Å²) in [6.07, 6.45) is 0.771. The molecule has 0 radical (unpaired) electrons. The summed E-state index contributed by atoms with van der Waals surface area (Å²) in [5.74, 6) is 1.52. The van der Waals surface area contributed by atoms with E-state index in [1.54, 1.807) is 30.4 Å². The van der Waals surface area contributed by atoms with E-state index < -0.39 is 0 Å². The second-order valence-corrected chi connectivity index (χ2v) is 7.00. The van der Waals surface area contributed by atoms with Crippen LogP contribution in [-0.2, 0) is 6.42 Å². The van der Waals surface area contributed by atoms with E-state index in [2.05, 4.69) is 10.5 Å². The summed E-state index contributed by atoms with van der Waals surface area (Å²) in [5.41, 5.74) is 1.51. The number of carbonyl (C=O) groups excluding carboxylic acids is 1. The van der Waals surface area contributed by atoms with Crippen LogP contribution in [0, 0.1) is 6.92 Å². The molecular weight excluding hydrogens is 380 g/mol. The summed E-state index contributed by atoms with van der Waals surface area (Å²) in [6.45, 7) is 2.26. The summed E-state index contributed by atoms with van der Waals surface area (Å²) in [6, 6.07) is 7.49. The summed E-state index contributed by atoms with van der Waals surface area (Å²) >= 11 is 1.67. The number of methoxy groups -OCH3 is 3. The van der Waals surface area contributed by atoms with E-state index in [1.165, 1.54) is 26.2 Å². The Kier molecular flexibility index (Phi) is 6.20. The van der Waals surface area contributed by atoms with E-state index in [-0.39, 0.29) is 5.91 Å². The smallest absolute Gasteiger partial charge is 0.257 e. The Morgan fingerprint density at radius 2 is 1.89 bits per heavy atom. The molecule has 0 aliphatic heterocycles. The first-order valence-corrected chi connectivity index (χ1v) is 9.54. The average molecular weight is 402 g/mol. The van der Waals surface area contributed by atoms with E-state index in [9.17, 15) is 4.79 Å². The van der Waals surface area contributed by atoms with Gasteiger partial charge in [0.1, 0.15) is 5.56 Å². The van der Waals surface area contributed by atoms with Crippen molar-refractivity contribution < 1.29 is 23.5 Å². The average Bonchev–Trinajstić information content (AvgIpc) is 3.36. The van der Waals surface area contributed by atoms with Crippen LogP contribution in [-0.4, -0.2) is 38.9 Å². The molecule has 8 heteroatoms. The maximum absolute atomic E-state index is 12.8. The van der Waals surface area contributed by atoms with Crippen LogP contribution in [0.4, 0.5) is 0 Å². The maximum atomic E-state index is 12.8. The van der Waals surface area contributed by atoms with E-state index >= 15 is 0 Å². The van der Waals surface area contributed by atoms with Crippen molar-refractivity contribution >= 4 is 17.2 Å². The Morgan fingerprint density at radius 1 is 1.18 bits per heavy atom. The molecule has 2 heterocycles. The third-order valence-electron chi connectivity index (χ3n) is 4.25. The zero-order chi connectivity index (χ0) is 20.1. The molecule has 0 spiro atoms. The molecule has 0 bridgehead atoms. The summed E-state index contributed by atoms with van der Waals surface area (Å²) < 4.78 is 21.6. The Balaban J connectivity index is 1.89. The topological polar surface area (TPSA) is 82.8 Å². The van der Waals surface area contributed by atoms with Crippen LogP contribution in [0.25, 0.3) is 11.3 Å². The lowest BCUT2D eigenvalue weighted by atomic mass is 10.0. The fraction of sp³-hybridized carbons (Fsp3) is 0.300. The van der Waals surface area contributed by atoms with Gasteiger partial charge in [-0.05, 0) is 36.9 Å². The predicted molar refractivity (Wildman–Crippen MR) is 107 cm³/mol. The molecule has 0 unspecified atom stereocenters. The standard InChI is InChI=1S/C20H22N2O5S/c1-12-17(20(23)21-8-7-14-6-5-9-28-14)18(27-22-12)13-10-15(24-2)19(26-4)16(11-13)25-3/h5-6,9-11H,7-8H2,1-4H3,(H,21,23). The van der Waals surface area contributed by atoms with Crippen LogP contribution in [0.1, 0.15) is 20.9 Å². The number of thiophene rings is 1. The molecule has 3 aromatic rings. The van der Waals surface area contributed by atoms with Gasteiger partial charge in [-0.25, -0.2) is 0 Å². The lowest BCUT2D eigenvalue weighted by Crippen LogP contribution is -2.26. The summed E-state index contributed by atoms with van der Waals surface area (Å²) in [4.78, 5) is 14.0. The Hall–Kier alpha value is -3.00. The minimum atomic E-state index is -0.237. The molecule has 1 aromatic carbocycles. The third-order valence-corrected chi connectivity index (χ3v) is 5.19. The molecule has 2 aromatic heterocycles. The zero-order valence-corrected chi connectivity index (χ0v) is 17.0. The second kappa shape index (κ2) is 8.79. The second-order valence-electron chi connectivity index (χ2n) is 5.97. The molecule has 0 aliphatic rings. The van der Waals surface area contributed by atoms with Gasteiger partial charge in [0.25, 0.3) is 5.91 Å². The molecule has 1 N–H and O–H groups in total. The van der Waals surface area contributed by atoms with E-state index in [0.717, 1.165) is 6.42 Å². The Bertz CT molecular complexity index is 925. The van der Waals surface area contributed by atoms with E-state index in [0.29, 0.717) is 46.4 Å². The van der Waals surface area contributed by atoms with Crippen LogP contribution in [0.3, 0.4) is 0 Å². The van der Waals surface area contributed by atoms with Gasteiger partial charge >= 0.3 is 0 Å². The number of benzene rings is 1. The fourth-order valence-corrected chi connectivity index (χ4v) is 3.60. The zero-order valence-electron chi connectivity index (χ0n) is 16.2. The number of rotatable bonds is 8. The van der Waals surface area contributed by atoms with E-state index in [4.69, 9.17) is 18.7 Å². The maximum Gasteiger partial charge on any atom is 0.257 e. The van der Waals surface area contributed by atoms with Crippen molar-refractivity contribution in [3.63, 3.8) is 0 Å². The SMILES string of the molecule is COc1cc(-c2onc(C)c2C(=O)NCCc2cccs2)cc(OC)c1OC. The van der Waals surface area contributed by atoms with Crippen molar-refractivity contribution in [1.29, 1.82) is 0 Å². The first kappa shape index (κ1) is 19.8. The number of hydrogen-bond donors (Lipinski definition) is 1. The van der Waals surface area contributed by atoms with Crippen molar-refractivity contribution in [1.82, 2.24) is 10.5 Å². The molecule has 0 atom stereocenters. The van der Waals surface area contributed by atoms with Gasteiger partial charge < -0.3 is 24.1 Å². The molecule has 28 heavy (non-hydrogen) atoms. The highest BCUT2D eigenvalue weighted by molar-refractivity contribution is 7.09. The predicted octanol–water partition coefficient (Wildman–Crippen LogP) is 3.71. The largest absolute Gasteiger partial charge is 0.493 e. The fourth-order valence-electron chi connectivity index (χ4n) is 2.89.